The maximum absolute atomic E-state index is 11.1. The largest absolute Gasteiger partial charge is 0.356 e. The lowest BCUT2D eigenvalue weighted by Crippen LogP contribution is -2.44. The third kappa shape index (κ3) is 4.63. The minimum Gasteiger partial charge on any atom is -0.356 e. The molecule has 2 aromatic carbocycles. The number of carbonyl (C=O) groups is 1. The van der Waals surface area contributed by atoms with Crippen molar-refractivity contribution in [2.45, 2.75) is 26.3 Å². The first kappa shape index (κ1) is 18.0. The normalized spacial score (nSPS) is 13.9. The zero-order valence-electron chi connectivity index (χ0n) is 15.5. The molecular weight excluding hydrogens is 324 g/mol. The number of guanidine groups is 1. The number of fused-ring (bicyclic) bond motifs is 1. The Hall–Kier alpha value is -2.82. The van der Waals surface area contributed by atoms with Crippen molar-refractivity contribution in [3.8, 4) is 0 Å². The molecule has 0 saturated carbocycles. The van der Waals surface area contributed by atoms with Crippen molar-refractivity contribution in [2.75, 3.05) is 25.5 Å². The maximum atomic E-state index is 11.1. The van der Waals surface area contributed by atoms with Gasteiger partial charge in [-0.25, -0.2) is 0 Å². The Morgan fingerprint density at radius 2 is 1.85 bits per heavy atom. The molecule has 0 spiro atoms. The summed E-state index contributed by atoms with van der Waals surface area (Å²) in [7, 11) is 1.84. The molecule has 26 heavy (non-hydrogen) atoms. The van der Waals surface area contributed by atoms with Crippen molar-refractivity contribution in [2.24, 2.45) is 4.99 Å². The molecule has 0 fully saturated rings. The van der Waals surface area contributed by atoms with Crippen molar-refractivity contribution in [3.05, 3.63) is 65.2 Å². The number of nitrogens with zero attached hydrogens (tertiary/aromatic N) is 2. The molecule has 0 aromatic heterocycles. The quantitative estimate of drug-likeness (QED) is 0.658. The van der Waals surface area contributed by atoms with E-state index >= 15 is 0 Å². The number of hydrogen-bond acceptors (Lipinski definition) is 2. The number of nitrogens with one attached hydrogen (secondary N) is 2. The molecule has 1 heterocycles. The molecule has 0 bridgehead atoms. The van der Waals surface area contributed by atoms with Crippen LogP contribution in [0.1, 0.15) is 23.6 Å². The summed E-state index contributed by atoms with van der Waals surface area (Å²) >= 11 is 0. The molecule has 1 amide bonds. The van der Waals surface area contributed by atoms with Crippen LogP contribution in [-0.2, 0) is 24.2 Å². The van der Waals surface area contributed by atoms with Gasteiger partial charge in [0.1, 0.15) is 0 Å². The van der Waals surface area contributed by atoms with Crippen LogP contribution in [0.15, 0.2) is 53.5 Å². The second-order valence-corrected chi connectivity index (χ2v) is 6.54. The van der Waals surface area contributed by atoms with E-state index in [1.165, 1.54) is 23.6 Å². The second-order valence-electron chi connectivity index (χ2n) is 6.54. The zero-order chi connectivity index (χ0) is 18.4. The van der Waals surface area contributed by atoms with Gasteiger partial charge < -0.3 is 15.5 Å². The number of carbonyl (C=O) groups excluding carboxylic acids is 1. The first-order valence-electron chi connectivity index (χ1n) is 9.04. The summed E-state index contributed by atoms with van der Waals surface area (Å²) in [5.74, 6) is 0.903. The van der Waals surface area contributed by atoms with Crippen LogP contribution in [0, 0.1) is 0 Å². The highest BCUT2D eigenvalue weighted by molar-refractivity contribution is 5.88. The maximum Gasteiger partial charge on any atom is 0.221 e. The van der Waals surface area contributed by atoms with Gasteiger partial charge in [0.25, 0.3) is 0 Å². The standard InChI is InChI=1S/C21H26N4O/c1-16(26)24-20-9-7-17(8-10-20)11-13-23-21(22-2)25-14-12-18-5-3-4-6-19(18)15-25/h3-10H,11-15H2,1-2H3,(H,22,23)(H,24,26). The summed E-state index contributed by atoms with van der Waals surface area (Å²) in [5.41, 5.74) is 4.89. The van der Waals surface area contributed by atoms with Gasteiger partial charge in [0.2, 0.25) is 5.91 Å². The number of aliphatic imine (C=N–C) groups is 1. The molecule has 1 aliphatic rings. The molecule has 5 nitrogen and oxygen atoms in total. The van der Waals surface area contributed by atoms with Gasteiger partial charge in [0.05, 0.1) is 0 Å². The van der Waals surface area contributed by atoms with Crippen molar-refractivity contribution in [1.82, 2.24) is 10.2 Å². The topological polar surface area (TPSA) is 56.7 Å². The van der Waals surface area contributed by atoms with Crippen molar-refractivity contribution < 1.29 is 4.79 Å². The van der Waals surface area contributed by atoms with E-state index in [1.807, 2.05) is 31.3 Å². The average molecular weight is 350 g/mol. The Labute approximate surface area is 155 Å². The smallest absolute Gasteiger partial charge is 0.221 e. The van der Waals surface area contributed by atoms with Gasteiger partial charge >= 0.3 is 0 Å². The van der Waals surface area contributed by atoms with Crippen LogP contribution < -0.4 is 10.6 Å². The minimum atomic E-state index is -0.0497. The second kappa shape index (κ2) is 8.52. The predicted octanol–water partition coefficient (Wildman–Crippen LogP) is 2.82. The highest BCUT2D eigenvalue weighted by atomic mass is 16.1. The summed E-state index contributed by atoms with van der Waals surface area (Å²) in [6, 6.07) is 16.6. The molecule has 0 radical (unpaired) electrons. The van der Waals surface area contributed by atoms with E-state index in [-0.39, 0.29) is 5.91 Å². The minimum absolute atomic E-state index is 0.0497. The molecule has 136 valence electrons. The molecule has 0 saturated heterocycles. The highest BCUT2D eigenvalue weighted by Gasteiger charge is 2.18. The number of hydrogen-bond donors (Lipinski definition) is 2. The Bertz CT molecular complexity index is 783. The van der Waals surface area contributed by atoms with Gasteiger partial charge in [-0.3, -0.25) is 9.79 Å². The van der Waals surface area contributed by atoms with E-state index in [1.54, 1.807) is 0 Å². The Morgan fingerprint density at radius 3 is 2.54 bits per heavy atom. The van der Waals surface area contributed by atoms with Crippen LogP contribution in [0.25, 0.3) is 0 Å². The molecule has 3 rings (SSSR count). The number of amides is 1. The summed E-state index contributed by atoms with van der Waals surface area (Å²) in [6.45, 7) is 4.23. The summed E-state index contributed by atoms with van der Waals surface area (Å²) in [4.78, 5) is 17.8. The summed E-state index contributed by atoms with van der Waals surface area (Å²) in [6.07, 6.45) is 1.96. The van der Waals surface area contributed by atoms with Crippen LogP contribution in [0.2, 0.25) is 0 Å². The Kier molecular flexibility index (Phi) is 5.89. The third-order valence-corrected chi connectivity index (χ3v) is 4.61. The van der Waals surface area contributed by atoms with Crippen LogP contribution >= 0.6 is 0 Å². The number of anilines is 1. The van der Waals surface area contributed by atoms with Gasteiger partial charge in [-0.1, -0.05) is 36.4 Å². The fourth-order valence-electron chi connectivity index (χ4n) is 3.29. The lowest BCUT2D eigenvalue weighted by Gasteiger charge is -2.31. The Morgan fingerprint density at radius 1 is 1.12 bits per heavy atom. The molecule has 5 heteroatoms. The van der Waals surface area contributed by atoms with Gasteiger partial charge in [-0.05, 0) is 41.7 Å². The van der Waals surface area contributed by atoms with E-state index < -0.39 is 0 Å². The number of benzene rings is 2. The van der Waals surface area contributed by atoms with Crippen LogP contribution in [0.5, 0.6) is 0 Å². The first-order chi connectivity index (χ1) is 12.7. The fourth-order valence-corrected chi connectivity index (χ4v) is 3.29. The van der Waals surface area contributed by atoms with E-state index in [9.17, 15) is 4.79 Å². The molecular formula is C21H26N4O. The highest BCUT2D eigenvalue weighted by Crippen LogP contribution is 2.18. The monoisotopic (exact) mass is 350 g/mol. The van der Waals surface area contributed by atoms with Gasteiger partial charge in [-0.15, -0.1) is 0 Å². The van der Waals surface area contributed by atoms with E-state index in [0.717, 1.165) is 44.1 Å². The van der Waals surface area contributed by atoms with Crippen molar-refractivity contribution in [1.29, 1.82) is 0 Å². The molecule has 0 unspecified atom stereocenters. The van der Waals surface area contributed by atoms with Crippen molar-refractivity contribution >= 4 is 17.6 Å². The van der Waals surface area contributed by atoms with Crippen LogP contribution in [0.4, 0.5) is 5.69 Å². The lowest BCUT2D eigenvalue weighted by molar-refractivity contribution is -0.114. The van der Waals surface area contributed by atoms with E-state index in [4.69, 9.17) is 0 Å². The zero-order valence-corrected chi connectivity index (χ0v) is 15.5. The van der Waals surface area contributed by atoms with Gasteiger partial charge in [0, 0.05) is 39.3 Å². The third-order valence-electron chi connectivity index (χ3n) is 4.61. The molecule has 2 N–H and O–H groups in total. The fraction of sp³-hybridized carbons (Fsp3) is 0.333. The summed E-state index contributed by atoms with van der Waals surface area (Å²) < 4.78 is 0. The first-order valence-corrected chi connectivity index (χ1v) is 9.04. The molecule has 1 aliphatic heterocycles. The molecule has 0 aliphatic carbocycles. The van der Waals surface area contributed by atoms with Crippen LogP contribution in [-0.4, -0.2) is 36.9 Å². The van der Waals surface area contributed by atoms with E-state index in [2.05, 4.69) is 44.8 Å². The summed E-state index contributed by atoms with van der Waals surface area (Å²) in [5, 5.41) is 6.26. The van der Waals surface area contributed by atoms with Gasteiger partial charge in [-0.2, -0.15) is 0 Å². The Balaban J connectivity index is 1.51. The SMILES string of the molecule is CN=C(NCCc1ccc(NC(C)=O)cc1)N1CCc2ccccc2C1. The predicted molar refractivity (Wildman–Crippen MR) is 106 cm³/mol. The lowest BCUT2D eigenvalue weighted by atomic mass is 10.0. The van der Waals surface area contributed by atoms with E-state index in [0.29, 0.717) is 0 Å². The van der Waals surface area contributed by atoms with Crippen LogP contribution in [0.3, 0.4) is 0 Å². The van der Waals surface area contributed by atoms with Crippen molar-refractivity contribution in [3.63, 3.8) is 0 Å². The average Bonchev–Trinajstić information content (AvgIpc) is 2.66. The van der Waals surface area contributed by atoms with Gasteiger partial charge in [0.15, 0.2) is 5.96 Å². The molecule has 2 aromatic rings. The number of rotatable bonds is 4. The molecule has 0 atom stereocenters.